The average molecular weight is 229 g/mol. The fourth-order valence-corrected chi connectivity index (χ4v) is 2.01. The highest BCUT2D eigenvalue weighted by atomic mass is 14.9. The molecule has 0 aliphatic rings. The van der Waals surface area contributed by atoms with Crippen LogP contribution in [0.4, 0.5) is 0 Å². The summed E-state index contributed by atoms with van der Waals surface area (Å²) >= 11 is 0. The lowest BCUT2D eigenvalue weighted by Gasteiger charge is -2.17. The fourth-order valence-electron chi connectivity index (χ4n) is 2.01. The van der Waals surface area contributed by atoms with Gasteiger partial charge >= 0.3 is 0 Å². The van der Waals surface area contributed by atoms with E-state index >= 15 is 0 Å². The minimum absolute atomic E-state index is 0.417. The summed E-state index contributed by atoms with van der Waals surface area (Å²) < 4.78 is 0. The predicted molar refractivity (Wildman–Crippen MR) is 75.0 cm³/mol. The summed E-state index contributed by atoms with van der Waals surface area (Å²) in [7, 11) is 0. The van der Waals surface area contributed by atoms with Crippen molar-refractivity contribution < 1.29 is 0 Å². The van der Waals surface area contributed by atoms with E-state index in [2.05, 4.69) is 50.2 Å². The molecule has 1 atom stereocenters. The van der Waals surface area contributed by atoms with Crippen molar-refractivity contribution in [3.05, 3.63) is 34.9 Å². The maximum absolute atomic E-state index is 5.23. The molecule has 17 heavy (non-hydrogen) atoms. The summed E-state index contributed by atoms with van der Waals surface area (Å²) in [5.74, 6) is 2.68. The summed E-state index contributed by atoms with van der Waals surface area (Å²) in [6, 6.07) is 7.05. The van der Waals surface area contributed by atoms with Crippen LogP contribution in [0.1, 0.15) is 48.9 Å². The first-order valence-corrected chi connectivity index (χ1v) is 6.39. The zero-order chi connectivity index (χ0) is 12.7. The van der Waals surface area contributed by atoms with Crippen molar-refractivity contribution in [3.8, 4) is 12.3 Å². The number of benzene rings is 1. The number of aryl methyl sites for hydroxylation is 2. The van der Waals surface area contributed by atoms with Crippen LogP contribution in [0.15, 0.2) is 18.2 Å². The van der Waals surface area contributed by atoms with Crippen LogP contribution in [-0.2, 0) is 0 Å². The molecular weight excluding hydrogens is 206 g/mol. The Morgan fingerprint density at radius 2 is 2.06 bits per heavy atom. The van der Waals surface area contributed by atoms with Crippen LogP contribution in [-0.4, -0.2) is 6.54 Å². The first kappa shape index (κ1) is 13.8. The summed E-state index contributed by atoms with van der Waals surface area (Å²) in [6.45, 7) is 7.58. The summed E-state index contributed by atoms with van der Waals surface area (Å²) in [5, 5.41) is 3.56. The summed E-state index contributed by atoms with van der Waals surface area (Å²) in [4.78, 5) is 0. The van der Waals surface area contributed by atoms with Crippen LogP contribution < -0.4 is 5.32 Å². The van der Waals surface area contributed by atoms with E-state index in [9.17, 15) is 0 Å². The molecule has 0 saturated heterocycles. The molecular formula is C16H23N. The third kappa shape index (κ3) is 4.63. The van der Waals surface area contributed by atoms with Gasteiger partial charge in [-0.05, 0) is 51.3 Å². The van der Waals surface area contributed by atoms with Crippen LogP contribution in [0.3, 0.4) is 0 Å². The van der Waals surface area contributed by atoms with Crippen LogP contribution in [0.5, 0.6) is 0 Å². The lowest BCUT2D eigenvalue weighted by Crippen LogP contribution is -2.20. The van der Waals surface area contributed by atoms with E-state index in [4.69, 9.17) is 6.42 Å². The fraction of sp³-hybridized carbons (Fsp3) is 0.500. The van der Waals surface area contributed by atoms with Crippen molar-refractivity contribution in [1.82, 2.24) is 5.32 Å². The van der Waals surface area contributed by atoms with E-state index in [1.54, 1.807) is 0 Å². The van der Waals surface area contributed by atoms with E-state index in [0.29, 0.717) is 6.04 Å². The van der Waals surface area contributed by atoms with E-state index in [1.165, 1.54) is 16.7 Å². The smallest absolute Gasteiger partial charge is 0.0294 e. The molecule has 1 rings (SSSR count). The number of hydrogen-bond acceptors (Lipinski definition) is 1. The van der Waals surface area contributed by atoms with Crippen LogP contribution in [0.25, 0.3) is 0 Å². The van der Waals surface area contributed by atoms with Gasteiger partial charge in [-0.2, -0.15) is 0 Å². The van der Waals surface area contributed by atoms with Gasteiger partial charge in [-0.25, -0.2) is 0 Å². The monoisotopic (exact) mass is 229 g/mol. The van der Waals surface area contributed by atoms with Crippen molar-refractivity contribution in [3.63, 3.8) is 0 Å². The Bertz CT molecular complexity index is 387. The Balaban J connectivity index is 2.44. The summed E-state index contributed by atoms with van der Waals surface area (Å²) in [5.41, 5.74) is 4.09. The third-order valence-corrected chi connectivity index (χ3v) is 3.10. The molecule has 0 radical (unpaired) electrons. The molecule has 1 nitrogen and oxygen atoms in total. The van der Waals surface area contributed by atoms with Crippen LogP contribution in [0.2, 0.25) is 0 Å². The van der Waals surface area contributed by atoms with Crippen molar-refractivity contribution >= 4 is 0 Å². The largest absolute Gasteiger partial charge is 0.310 e. The van der Waals surface area contributed by atoms with Gasteiger partial charge in [-0.3, -0.25) is 0 Å². The molecule has 1 N–H and O–H groups in total. The molecule has 0 aliphatic heterocycles. The molecule has 1 aromatic carbocycles. The van der Waals surface area contributed by atoms with Gasteiger partial charge < -0.3 is 5.32 Å². The molecule has 92 valence electrons. The Morgan fingerprint density at radius 3 is 2.76 bits per heavy atom. The predicted octanol–water partition coefficient (Wildman–Crippen LogP) is 3.76. The highest BCUT2D eigenvalue weighted by molar-refractivity contribution is 5.32. The molecule has 0 aliphatic carbocycles. The second-order valence-electron chi connectivity index (χ2n) is 4.70. The van der Waals surface area contributed by atoms with Crippen LogP contribution >= 0.6 is 0 Å². The quantitative estimate of drug-likeness (QED) is 0.578. The molecule has 1 aromatic rings. The highest BCUT2D eigenvalue weighted by Gasteiger charge is 2.07. The zero-order valence-corrected chi connectivity index (χ0v) is 11.2. The summed E-state index contributed by atoms with van der Waals surface area (Å²) in [6.07, 6.45) is 8.38. The van der Waals surface area contributed by atoms with Gasteiger partial charge in [0, 0.05) is 12.5 Å². The van der Waals surface area contributed by atoms with E-state index in [1.807, 2.05) is 0 Å². The normalized spacial score (nSPS) is 12.1. The molecule has 1 heteroatoms. The van der Waals surface area contributed by atoms with Crippen molar-refractivity contribution in [2.24, 2.45) is 0 Å². The average Bonchev–Trinajstić information content (AvgIpc) is 2.32. The lowest BCUT2D eigenvalue weighted by molar-refractivity contribution is 0.547. The topological polar surface area (TPSA) is 12.0 Å². The van der Waals surface area contributed by atoms with Gasteiger partial charge in [0.05, 0.1) is 0 Å². The molecule has 0 heterocycles. The standard InChI is InChI=1S/C16H23N/c1-5-6-7-8-11-17-15(4)16-12-13(2)9-10-14(16)3/h1,9-10,12,15,17H,6-8,11H2,2-4H3. The van der Waals surface area contributed by atoms with Gasteiger partial charge in [0.15, 0.2) is 0 Å². The first-order chi connectivity index (χ1) is 8.15. The van der Waals surface area contributed by atoms with Gasteiger partial charge in [-0.15, -0.1) is 12.3 Å². The van der Waals surface area contributed by atoms with Crippen molar-refractivity contribution in [2.75, 3.05) is 6.54 Å². The minimum atomic E-state index is 0.417. The molecule has 0 spiro atoms. The number of unbranched alkanes of at least 4 members (excludes halogenated alkanes) is 2. The molecule has 0 amide bonds. The van der Waals surface area contributed by atoms with Crippen LogP contribution in [0, 0.1) is 26.2 Å². The second kappa shape index (κ2) is 7.14. The molecule has 0 saturated carbocycles. The second-order valence-corrected chi connectivity index (χ2v) is 4.70. The Labute approximate surface area is 106 Å². The van der Waals surface area contributed by atoms with E-state index < -0.39 is 0 Å². The SMILES string of the molecule is C#CCCCCNC(C)c1cc(C)ccc1C. The minimum Gasteiger partial charge on any atom is -0.310 e. The number of hydrogen-bond donors (Lipinski definition) is 1. The molecule has 0 aromatic heterocycles. The first-order valence-electron chi connectivity index (χ1n) is 6.39. The maximum Gasteiger partial charge on any atom is 0.0294 e. The van der Waals surface area contributed by atoms with Crippen molar-refractivity contribution in [2.45, 2.75) is 46.1 Å². The van der Waals surface area contributed by atoms with E-state index in [0.717, 1.165) is 25.8 Å². The van der Waals surface area contributed by atoms with Gasteiger partial charge in [0.2, 0.25) is 0 Å². The Morgan fingerprint density at radius 1 is 1.29 bits per heavy atom. The molecule has 1 unspecified atom stereocenters. The molecule has 0 bridgehead atoms. The van der Waals surface area contributed by atoms with Crippen molar-refractivity contribution in [1.29, 1.82) is 0 Å². The number of nitrogens with one attached hydrogen (secondary N) is 1. The van der Waals surface area contributed by atoms with Gasteiger partial charge in [0.1, 0.15) is 0 Å². The van der Waals surface area contributed by atoms with Gasteiger partial charge in [0.25, 0.3) is 0 Å². The van der Waals surface area contributed by atoms with E-state index in [-0.39, 0.29) is 0 Å². The number of rotatable bonds is 6. The third-order valence-electron chi connectivity index (χ3n) is 3.10. The maximum atomic E-state index is 5.23. The molecule has 0 fully saturated rings. The number of terminal acetylenes is 1. The highest BCUT2D eigenvalue weighted by Crippen LogP contribution is 2.18. The Kier molecular flexibility index (Phi) is 5.80. The lowest BCUT2D eigenvalue weighted by atomic mass is 10.00. The Hall–Kier alpha value is -1.26. The zero-order valence-electron chi connectivity index (χ0n) is 11.2. The van der Waals surface area contributed by atoms with Gasteiger partial charge in [-0.1, -0.05) is 23.8 Å².